The van der Waals surface area contributed by atoms with E-state index in [1.807, 2.05) is 31.2 Å². The number of nitrogens with one attached hydrogen (secondary N) is 1. The van der Waals surface area contributed by atoms with Gasteiger partial charge in [-0.2, -0.15) is 0 Å². The molecule has 0 spiro atoms. The molecule has 1 aromatic carbocycles. The van der Waals surface area contributed by atoms with Crippen molar-refractivity contribution in [1.82, 2.24) is 5.32 Å². The molecule has 0 aromatic heterocycles. The van der Waals surface area contributed by atoms with Crippen LogP contribution >= 0.6 is 23.4 Å². The lowest BCUT2D eigenvalue weighted by molar-refractivity contribution is -0.119. The van der Waals surface area contributed by atoms with Gasteiger partial charge in [0.25, 0.3) is 0 Å². The average molecular weight is 272 g/mol. The van der Waals surface area contributed by atoms with Crippen LogP contribution in [0.2, 0.25) is 5.02 Å². The highest BCUT2D eigenvalue weighted by atomic mass is 35.5. The van der Waals surface area contributed by atoms with Crippen LogP contribution in [0.3, 0.4) is 0 Å². The van der Waals surface area contributed by atoms with E-state index in [0.29, 0.717) is 16.7 Å². The quantitative estimate of drug-likeness (QED) is 0.829. The van der Waals surface area contributed by atoms with Gasteiger partial charge in [0.1, 0.15) is 0 Å². The highest BCUT2D eigenvalue weighted by Crippen LogP contribution is 2.20. The Morgan fingerprint density at radius 3 is 2.41 bits per heavy atom. The van der Waals surface area contributed by atoms with Crippen LogP contribution in [0.5, 0.6) is 0 Å². The van der Waals surface area contributed by atoms with Gasteiger partial charge in [-0.15, -0.1) is 11.8 Å². The predicted molar refractivity (Wildman–Crippen MR) is 74.6 cm³/mol. The van der Waals surface area contributed by atoms with Crippen molar-refractivity contribution < 1.29 is 4.79 Å². The summed E-state index contributed by atoms with van der Waals surface area (Å²) < 4.78 is 0. The van der Waals surface area contributed by atoms with Gasteiger partial charge in [-0.1, -0.05) is 25.4 Å². The third kappa shape index (κ3) is 5.46. The molecule has 0 heterocycles. The molecular weight excluding hydrogens is 254 g/mol. The Bertz CT molecular complexity index is 364. The van der Waals surface area contributed by atoms with Gasteiger partial charge in [0, 0.05) is 16.0 Å². The van der Waals surface area contributed by atoms with Crippen LogP contribution in [0, 0.1) is 5.92 Å². The summed E-state index contributed by atoms with van der Waals surface area (Å²) >= 11 is 7.31. The number of carbonyl (C=O) groups is 1. The van der Waals surface area contributed by atoms with Crippen molar-refractivity contribution in [2.75, 3.05) is 5.75 Å². The summed E-state index contributed by atoms with van der Waals surface area (Å²) in [4.78, 5) is 12.7. The van der Waals surface area contributed by atoms with Gasteiger partial charge >= 0.3 is 0 Å². The molecule has 1 amide bonds. The summed E-state index contributed by atoms with van der Waals surface area (Å²) in [6.07, 6.45) is 0. The van der Waals surface area contributed by atoms with Crippen molar-refractivity contribution in [3.05, 3.63) is 29.3 Å². The highest BCUT2D eigenvalue weighted by molar-refractivity contribution is 8.00. The van der Waals surface area contributed by atoms with E-state index < -0.39 is 0 Å². The largest absolute Gasteiger partial charge is 0.353 e. The van der Waals surface area contributed by atoms with Crippen molar-refractivity contribution in [3.8, 4) is 0 Å². The van der Waals surface area contributed by atoms with Gasteiger partial charge in [0.15, 0.2) is 0 Å². The van der Waals surface area contributed by atoms with Crippen LogP contribution in [0.1, 0.15) is 20.8 Å². The third-order valence-corrected chi connectivity index (χ3v) is 3.84. The Morgan fingerprint density at radius 1 is 1.29 bits per heavy atom. The molecule has 0 aliphatic heterocycles. The molecule has 1 N–H and O–H groups in total. The minimum absolute atomic E-state index is 0.0751. The number of amides is 1. The molecule has 0 fully saturated rings. The number of thioether (sulfide) groups is 1. The van der Waals surface area contributed by atoms with Crippen molar-refractivity contribution in [3.63, 3.8) is 0 Å². The lowest BCUT2D eigenvalue weighted by Crippen LogP contribution is -2.37. The molecule has 2 nitrogen and oxygen atoms in total. The van der Waals surface area contributed by atoms with Gasteiger partial charge in [0.05, 0.1) is 5.75 Å². The third-order valence-electron chi connectivity index (χ3n) is 2.57. The van der Waals surface area contributed by atoms with Crippen molar-refractivity contribution in [2.24, 2.45) is 5.92 Å². The normalized spacial score (nSPS) is 12.5. The molecule has 1 rings (SSSR count). The molecule has 0 aliphatic rings. The maximum Gasteiger partial charge on any atom is 0.230 e. The lowest BCUT2D eigenvalue weighted by atomic mass is 10.1. The summed E-state index contributed by atoms with van der Waals surface area (Å²) in [6, 6.07) is 7.73. The summed E-state index contributed by atoms with van der Waals surface area (Å²) in [5.74, 6) is 0.976. The first-order chi connectivity index (χ1) is 7.99. The molecule has 0 aliphatic carbocycles. The predicted octanol–water partition coefficient (Wildman–Crippen LogP) is 3.59. The van der Waals surface area contributed by atoms with Gasteiger partial charge in [-0.3, -0.25) is 4.79 Å². The van der Waals surface area contributed by atoms with Crippen LogP contribution in [0.4, 0.5) is 0 Å². The molecule has 0 saturated carbocycles. The monoisotopic (exact) mass is 271 g/mol. The molecule has 94 valence electrons. The molecular formula is C13H18ClNOS. The van der Waals surface area contributed by atoms with Gasteiger partial charge in [0.2, 0.25) is 5.91 Å². The van der Waals surface area contributed by atoms with Crippen molar-refractivity contribution in [2.45, 2.75) is 31.7 Å². The fourth-order valence-electron chi connectivity index (χ4n) is 1.14. The molecule has 0 saturated heterocycles. The maximum atomic E-state index is 11.6. The molecule has 0 bridgehead atoms. The summed E-state index contributed by atoms with van der Waals surface area (Å²) in [6.45, 7) is 6.21. The standard InChI is InChI=1S/C13H18ClNOS/c1-9(2)10(3)15-13(16)8-17-12-6-4-11(14)5-7-12/h4-7,9-10H,8H2,1-3H3,(H,15,16). The van der Waals surface area contributed by atoms with Crippen molar-refractivity contribution in [1.29, 1.82) is 0 Å². The van der Waals surface area contributed by atoms with Crippen LogP contribution in [0.25, 0.3) is 0 Å². The fraction of sp³-hybridized carbons (Fsp3) is 0.462. The fourth-order valence-corrected chi connectivity index (χ4v) is 1.98. The topological polar surface area (TPSA) is 29.1 Å². The van der Waals surface area contributed by atoms with E-state index in [1.165, 1.54) is 11.8 Å². The van der Waals surface area contributed by atoms with Crippen LogP contribution in [-0.4, -0.2) is 17.7 Å². The van der Waals surface area contributed by atoms with E-state index in [4.69, 9.17) is 11.6 Å². The van der Waals surface area contributed by atoms with Gasteiger partial charge in [-0.05, 0) is 37.1 Å². The Labute approximate surface area is 112 Å². The van der Waals surface area contributed by atoms with Crippen molar-refractivity contribution >= 4 is 29.3 Å². The van der Waals surface area contributed by atoms with E-state index in [1.54, 1.807) is 0 Å². The Kier molecular flexibility index (Phi) is 5.86. The van der Waals surface area contributed by atoms with Gasteiger partial charge < -0.3 is 5.32 Å². The number of halogens is 1. The second-order valence-electron chi connectivity index (χ2n) is 4.34. The van der Waals surface area contributed by atoms with E-state index in [-0.39, 0.29) is 11.9 Å². The summed E-state index contributed by atoms with van der Waals surface area (Å²) in [5, 5.41) is 3.69. The Hall–Kier alpha value is -0.670. The van der Waals surface area contributed by atoms with E-state index in [0.717, 1.165) is 4.90 Å². The minimum atomic E-state index is 0.0751. The number of hydrogen-bond donors (Lipinski definition) is 1. The van der Waals surface area contributed by atoms with E-state index in [2.05, 4.69) is 19.2 Å². The smallest absolute Gasteiger partial charge is 0.230 e. The van der Waals surface area contributed by atoms with E-state index >= 15 is 0 Å². The Balaban J connectivity index is 2.35. The highest BCUT2D eigenvalue weighted by Gasteiger charge is 2.10. The SMILES string of the molecule is CC(C)C(C)NC(=O)CSc1ccc(Cl)cc1. The lowest BCUT2D eigenvalue weighted by Gasteiger charge is -2.17. The molecule has 4 heteroatoms. The van der Waals surface area contributed by atoms with Gasteiger partial charge in [-0.25, -0.2) is 0 Å². The number of hydrogen-bond acceptors (Lipinski definition) is 2. The second-order valence-corrected chi connectivity index (χ2v) is 5.83. The van der Waals surface area contributed by atoms with Crippen LogP contribution in [0.15, 0.2) is 29.2 Å². The zero-order valence-electron chi connectivity index (χ0n) is 10.4. The maximum absolute atomic E-state index is 11.6. The zero-order valence-corrected chi connectivity index (χ0v) is 11.9. The van der Waals surface area contributed by atoms with Crippen LogP contribution < -0.4 is 5.32 Å². The molecule has 0 radical (unpaired) electrons. The summed E-state index contributed by atoms with van der Waals surface area (Å²) in [5.41, 5.74) is 0. The first-order valence-electron chi connectivity index (χ1n) is 5.66. The molecule has 1 unspecified atom stereocenters. The summed E-state index contributed by atoms with van der Waals surface area (Å²) in [7, 11) is 0. The Morgan fingerprint density at radius 2 is 1.88 bits per heavy atom. The minimum Gasteiger partial charge on any atom is -0.353 e. The average Bonchev–Trinajstić information content (AvgIpc) is 2.28. The molecule has 17 heavy (non-hydrogen) atoms. The number of rotatable bonds is 5. The molecule has 1 aromatic rings. The number of benzene rings is 1. The second kappa shape index (κ2) is 6.92. The van der Waals surface area contributed by atoms with Crippen LogP contribution in [-0.2, 0) is 4.79 Å². The van der Waals surface area contributed by atoms with E-state index in [9.17, 15) is 4.79 Å². The zero-order chi connectivity index (χ0) is 12.8. The molecule has 1 atom stereocenters. The number of carbonyl (C=O) groups excluding carboxylic acids is 1. The first kappa shape index (κ1) is 14.4. The first-order valence-corrected chi connectivity index (χ1v) is 7.03.